The van der Waals surface area contributed by atoms with Gasteiger partial charge in [0, 0.05) is 11.1 Å². The highest BCUT2D eigenvalue weighted by Crippen LogP contribution is 2.70. The number of para-hydroxylation sites is 1. The summed E-state index contributed by atoms with van der Waals surface area (Å²) in [5, 5.41) is 7.61. The molecular weight excluding hydrogens is 517 g/mol. The maximum Gasteiger partial charge on any atom is 0.219 e. The summed E-state index contributed by atoms with van der Waals surface area (Å²) < 4.78 is -1.19. The molecule has 0 saturated carbocycles. The van der Waals surface area contributed by atoms with Crippen molar-refractivity contribution in [2.24, 2.45) is 5.10 Å². The van der Waals surface area contributed by atoms with Gasteiger partial charge in [-0.05, 0) is 28.8 Å². The maximum atomic E-state index is 13.8. The average molecular weight is 541 g/mol. The maximum absolute atomic E-state index is 13.8. The van der Waals surface area contributed by atoms with Crippen LogP contribution in [0, 0.1) is 0 Å². The summed E-state index contributed by atoms with van der Waals surface area (Å²) in [6.07, 6.45) is 0. The number of ketones is 1. The molecule has 1 atom stereocenters. The lowest BCUT2D eigenvalue weighted by molar-refractivity contribution is 0.106. The second-order valence-corrected chi connectivity index (χ2v) is 12.3. The summed E-state index contributed by atoms with van der Waals surface area (Å²) >= 11 is 3.39. The molecule has 5 aromatic rings. The summed E-state index contributed by atoms with van der Waals surface area (Å²) in [6.45, 7) is 0. The number of hydrazone groups is 1. The van der Waals surface area contributed by atoms with Gasteiger partial charge in [0.2, 0.25) is 5.78 Å². The number of hydrogen-bond donors (Lipinski definition) is 0. The Kier molecular flexibility index (Phi) is 5.91. The fraction of sp³-hybridized carbons (Fsp3) is 0.0588. The lowest BCUT2D eigenvalue weighted by atomic mass is 9.82. The van der Waals surface area contributed by atoms with E-state index < -0.39 is 8.95 Å². The summed E-state index contributed by atoms with van der Waals surface area (Å²) in [6, 6.07) is 49.6. The Morgan fingerprint density at radius 1 is 0.590 bits per heavy atom. The third-order valence-electron chi connectivity index (χ3n) is 7.23. The van der Waals surface area contributed by atoms with Crippen molar-refractivity contribution in [3.05, 3.63) is 173 Å². The van der Waals surface area contributed by atoms with Crippen molar-refractivity contribution in [3.8, 4) is 0 Å². The van der Waals surface area contributed by atoms with Gasteiger partial charge in [0.1, 0.15) is 0 Å². The van der Waals surface area contributed by atoms with E-state index in [1.165, 1.54) is 16.7 Å². The Hall–Kier alpha value is -4.06. The van der Waals surface area contributed by atoms with Crippen LogP contribution in [-0.4, -0.2) is 10.8 Å². The van der Waals surface area contributed by atoms with E-state index in [0.29, 0.717) is 10.6 Å². The minimum atomic E-state index is -0.691. The van der Waals surface area contributed by atoms with Gasteiger partial charge in [-0.3, -0.25) is 4.79 Å². The molecule has 0 aromatic heterocycles. The minimum absolute atomic E-state index is 0.0617. The first-order valence-corrected chi connectivity index (χ1v) is 14.5. The van der Waals surface area contributed by atoms with Gasteiger partial charge in [-0.1, -0.05) is 157 Å². The lowest BCUT2D eigenvalue weighted by Crippen LogP contribution is -2.34. The van der Waals surface area contributed by atoms with Gasteiger partial charge < -0.3 is 0 Å². The number of rotatable bonds is 5. The van der Waals surface area contributed by atoms with Crippen molar-refractivity contribution in [3.63, 3.8) is 0 Å². The fourth-order valence-electron chi connectivity index (χ4n) is 5.51. The van der Waals surface area contributed by atoms with Crippen LogP contribution in [0.5, 0.6) is 0 Å². The summed E-state index contributed by atoms with van der Waals surface area (Å²) in [5.74, 6) is -0.0617. The fourth-order valence-corrected chi connectivity index (χ4v) is 9.14. The zero-order valence-electron chi connectivity index (χ0n) is 21.0. The van der Waals surface area contributed by atoms with Gasteiger partial charge in [0.05, 0.1) is 10.4 Å². The Labute approximate surface area is 236 Å². The number of thioether (sulfide) groups is 2. The van der Waals surface area contributed by atoms with E-state index in [4.69, 9.17) is 5.10 Å². The van der Waals surface area contributed by atoms with E-state index >= 15 is 0 Å². The molecule has 0 unspecified atom stereocenters. The quantitative estimate of drug-likeness (QED) is 0.210. The van der Waals surface area contributed by atoms with Gasteiger partial charge in [-0.2, -0.15) is 5.10 Å². The van der Waals surface area contributed by atoms with Crippen molar-refractivity contribution in [1.82, 2.24) is 0 Å². The van der Waals surface area contributed by atoms with E-state index in [2.05, 4.69) is 102 Å². The third kappa shape index (κ3) is 3.76. The first-order valence-electron chi connectivity index (χ1n) is 12.9. The van der Waals surface area contributed by atoms with Crippen molar-refractivity contribution in [2.45, 2.75) is 8.95 Å². The molecule has 5 heteroatoms. The van der Waals surface area contributed by atoms with Crippen molar-refractivity contribution in [1.29, 1.82) is 0 Å². The SMILES string of the molecule is O=C(C1=NN(c2ccccc2)[C@]2(S1)SC(c1ccccc1)(c1ccccc1)c1ccccc12)c1ccccc1. The molecule has 2 aliphatic rings. The van der Waals surface area contributed by atoms with Crippen LogP contribution in [0.3, 0.4) is 0 Å². The molecule has 0 radical (unpaired) electrons. The highest BCUT2D eigenvalue weighted by Gasteiger charge is 2.61. The molecule has 0 bridgehead atoms. The molecule has 39 heavy (non-hydrogen) atoms. The Morgan fingerprint density at radius 2 is 1.08 bits per heavy atom. The number of anilines is 1. The number of nitrogens with zero attached hydrogens (tertiary/aromatic N) is 2. The summed E-state index contributed by atoms with van der Waals surface area (Å²) in [5.41, 5.74) is 6.34. The third-order valence-corrected chi connectivity index (χ3v) is 10.5. The molecule has 0 aliphatic carbocycles. The monoisotopic (exact) mass is 540 g/mol. The lowest BCUT2D eigenvalue weighted by Gasteiger charge is -2.37. The molecule has 7 rings (SSSR count). The molecule has 188 valence electrons. The first-order chi connectivity index (χ1) is 19.2. The van der Waals surface area contributed by atoms with Crippen LogP contribution in [0.2, 0.25) is 0 Å². The van der Waals surface area contributed by atoms with Gasteiger partial charge in [-0.25, -0.2) is 5.01 Å². The first kappa shape index (κ1) is 24.0. The van der Waals surface area contributed by atoms with Crippen LogP contribution in [0.25, 0.3) is 0 Å². The standard InChI is InChI=1S/C34H24N2OS2/c37-31(25-15-5-1-6-16-25)32-35-36(28-21-11-4-12-22-28)34(38-32)30-24-14-13-23-29(30)33(39-34,26-17-7-2-8-18-26)27-19-9-3-10-20-27/h1-24H/t34-/m1/s1. The highest BCUT2D eigenvalue weighted by molar-refractivity contribution is 8.27. The van der Waals surface area contributed by atoms with Gasteiger partial charge in [0.15, 0.2) is 9.25 Å². The zero-order chi connectivity index (χ0) is 26.3. The predicted molar refractivity (Wildman–Crippen MR) is 163 cm³/mol. The molecule has 0 fully saturated rings. The highest BCUT2D eigenvalue weighted by atomic mass is 32.2. The topological polar surface area (TPSA) is 32.7 Å². The van der Waals surface area contributed by atoms with Crippen LogP contribution in [-0.2, 0) is 8.95 Å². The molecular formula is C34H24N2OS2. The summed E-state index contributed by atoms with van der Waals surface area (Å²) in [7, 11) is 0. The van der Waals surface area contributed by atoms with Crippen LogP contribution < -0.4 is 5.01 Å². The molecule has 2 aliphatic heterocycles. The zero-order valence-corrected chi connectivity index (χ0v) is 22.6. The van der Waals surface area contributed by atoms with Crippen molar-refractivity contribution < 1.29 is 4.79 Å². The number of hydrogen-bond acceptors (Lipinski definition) is 5. The van der Waals surface area contributed by atoms with E-state index in [0.717, 1.165) is 11.3 Å². The average Bonchev–Trinajstić information content (AvgIpc) is 3.55. The smallest absolute Gasteiger partial charge is 0.219 e. The van der Waals surface area contributed by atoms with E-state index in [1.54, 1.807) is 11.8 Å². The van der Waals surface area contributed by atoms with Crippen LogP contribution in [0.15, 0.2) is 151 Å². The van der Waals surface area contributed by atoms with Crippen molar-refractivity contribution >= 4 is 40.0 Å². The minimum Gasteiger partial charge on any atom is -0.286 e. The Balaban J connectivity index is 1.47. The normalized spacial score (nSPS) is 19.1. The number of carbonyl (C=O) groups is 1. The number of carbonyl (C=O) groups excluding carboxylic acids is 1. The molecule has 0 amide bonds. The van der Waals surface area contributed by atoms with Gasteiger partial charge in [-0.15, -0.1) is 0 Å². The van der Waals surface area contributed by atoms with E-state index in [9.17, 15) is 4.79 Å². The summed E-state index contributed by atoms with van der Waals surface area (Å²) in [4.78, 5) is 13.8. The van der Waals surface area contributed by atoms with E-state index in [-0.39, 0.29) is 5.78 Å². The number of benzene rings is 5. The largest absolute Gasteiger partial charge is 0.286 e. The Morgan fingerprint density at radius 3 is 1.67 bits per heavy atom. The van der Waals surface area contributed by atoms with Gasteiger partial charge in [0.25, 0.3) is 0 Å². The molecule has 2 heterocycles. The number of Topliss-reactive ketones (excluding diaryl/α,β-unsaturated/α-hetero) is 1. The van der Waals surface area contributed by atoms with Gasteiger partial charge >= 0.3 is 0 Å². The second-order valence-electron chi connectivity index (χ2n) is 9.49. The second kappa shape index (κ2) is 9.60. The van der Waals surface area contributed by atoms with Crippen molar-refractivity contribution in [2.75, 3.05) is 5.01 Å². The van der Waals surface area contributed by atoms with E-state index in [1.807, 2.05) is 60.3 Å². The molecule has 0 N–H and O–H groups in total. The molecule has 3 nitrogen and oxygen atoms in total. The predicted octanol–water partition coefficient (Wildman–Crippen LogP) is 8.29. The molecule has 1 spiro atoms. The molecule has 5 aromatic carbocycles. The molecule has 0 saturated heterocycles. The van der Waals surface area contributed by atoms with Crippen LogP contribution in [0.1, 0.15) is 32.6 Å². The number of fused-ring (bicyclic) bond motifs is 2. The van der Waals surface area contributed by atoms with Crippen LogP contribution in [0.4, 0.5) is 5.69 Å². The van der Waals surface area contributed by atoms with Crippen LogP contribution >= 0.6 is 23.5 Å². The Bertz CT molecular complexity index is 1630.